The van der Waals surface area contributed by atoms with Crippen LogP contribution in [-0.4, -0.2) is 32.5 Å². The fraction of sp³-hybridized carbons (Fsp3) is 0.421. The average molecular weight is 484 g/mol. The van der Waals surface area contributed by atoms with E-state index in [0.717, 1.165) is 0 Å². The van der Waals surface area contributed by atoms with Crippen molar-refractivity contribution in [2.75, 3.05) is 0 Å². The van der Waals surface area contributed by atoms with Gasteiger partial charge in [0, 0.05) is 30.8 Å². The van der Waals surface area contributed by atoms with Gasteiger partial charge in [0.1, 0.15) is 10.3 Å². The van der Waals surface area contributed by atoms with Gasteiger partial charge in [0.15, 0.2) is 0 Å². The van der Waals surface area contributed by atoms with Crippen LogP contribution < -0.4 is 5.32 Å². The van der Waals surface area contributed by atoms with Gasteiger partial charge in [0.2, 0.25) is 5.92 Å². The van der Waals surface area contributed by atoms with Gasteiger partial charge < -0.3 is 10.4 Å². The Morgan fingerprint density at radius 3 is 2.35 bits per heavy atom. The molecule has 2 aromatic rings. The Hall–Kier alpha value is -2.04. The summed E-state index contributed by atoms with van der Waals surface area (Å²) < 4.78 is 66.4. The molecule has 168 valence electrons. The quantitative estimate of drug-likeness (QED) is 0.462. The smallest absolute Gasteiger partial charge is 0.387 e. The van der Waals surface area contributed by atoms with E-state index in [1.54, 1.807) is 0 Å². The highest BCUT2D eigenvalue weighted by atomic mass is 35.5. The van der Waals surface area contributed by atoms with Crippen molar-refractivity contribution in [2.45, 2.75) is 49.4 Å². The van der Waals surface area contributed by atoms with E-state index in [4.69, 9.17) is 23.2 Å². The van der Waals surface area contributed by atoms with Gasteiger partial charge in [-0.2, -0.15) is 13.2 Å². The molecule has 5 nitrogen and oxygen atoms in total. The molecule has 2 heterocycles. The van der Waals surface area contributed by atoms with Crippen LogP contribution in [0, 0.1) is 0 Å². The number of hydrogen-bond donors (Lipinski definition) is 2. The van der Waals surface area contributed by atoms with Crippen molar-refractivity contribution in [1.82, 2.24) is 15.3 Å². The van der Waals surface area contributed by atoms with Crippen molar-refractivity contribution >= 4 is 29.1 Å². The molecule has 0 saturated heterocycles. The molecule has 1 atom stereocenters. The largest absolute Gasteiger partial charge is 0.417 e. The summed E-state index contributed by atoms with van der Waals surface area (Å²) in [6.45, 7) is 0. The van der Waals surface area contributed by atoms with Gasteiger partial charge in [-0.25, -0.2) is 18.7 Å². The normalized spacial score (nSPS) is 19.0. The molecule has 0 spiro atoms. The number of carbonyl (C=O) groups excluding carboxylic acids is 1. The zero-order chi connectivity index (χ0) is 23.0. The first-order valence-electron chi connectivity index (χ1n) is 9.07. The molecular formula is C19H16Cl2F5N3O2. The number of amides is 1. The van der Waals surface area contributed by atoms with E-state index in [1.165, 1.54) is 18.3 Å². The topological polar surface area (TPSA) is 75.1 Å². The molecule has 2 aromatic heterocycles. The summed E-state index contributed by atoms with van der Waals surface area (Å²) in [7, 11) is 0. The summed E-state index contributed by atoms with van der Waals surface area (Å²) in [5, 5.41) is 12.9. The molecule has 0 bridgehead atoms. The highest BCUT2D eigenvalue weighted by Crippen LogP contribution is 2.45. The van der Waals surface area contributed by atoms with Crippen molar-refractivity contribution in [1.29, 1.82) is 0 Å². The fourth-order valence-electron chi connectivity index (χ4n) is 3.42. The highest BCUT2D eigenvalue weighted by molar-refractivity contribution is 6.32. The predicted octanol–water partition coefficient (Wildman–Crippen LogP) is 5.21. The van der Waals surface area contributed by atoms with E-state index in [2.05, 4.69) is 15.3 Å². The van der Waals surface area contributed by atoms with E-state index in [1.807, 2.05) is 0 Å². The number of aliphatic hydroxyl groups is 1. The lowest BCUT2D eigenvalue weighted by Crippen LogP contribution is -2.50. The molecule has 1 fully saturated rings. The minimum atomic E-state index is -4.77. The Bertz CT molecular complexity index is 977. The van der Waals surface area contributed by atoms with Crippen LogP contribution in [0.3, 0.4) is 0 Å². The standard InChI is InChI=1S/C19H16Cl2F5N3O2/c20-14-11(2-1-7-27-14)13(17(31)3-5-18(22,23)6-4-17)29-16(30)12-8-10(19(24,25)26)9-28-15(12)21/h1-2,7-9,13,31H,3-6H2,(H,29,30). The molecule has 0 radical (unpaired) electrons. The second kappa shape index (κ2) is 8.48. The molecule has 1 aliphatic carbocycles. The number of hydrogen-bond acceptors (Lipinski definition) is 4. The summed E-state index contributed by atoms with van der Waals surface area (Å²) in [6.07, 6.45) is -5.00. The Morgan fingerprint density at radius 1 is 1.13 bits per heavy atom. The maximum atomic E-state index is 13.7. The summed E-state index contributed by atoms with van der Waals surface area (Å²) in [4.78, 5) is 20.1. The Morgan fingerprint density at radius 2 is 1.77 bits per heavy atom. The third-order valence-corrected chi connectivity index (χ3v) is 5.79. The van der Waals surface area contributed by atoms with Crippen LogP contribution in [0.2, 0.25) is 10.3 Å². The molecule has 0 aliphatic heterocycles. The predicted molar refractivity (Wildman–Crippen MR) is 102 cm³/mol. The van der Waals surface area contributed by atoms with Gasteiger partial charge in [-0.05, 0) is 25.0 Å². The van der Waals surface area contributed by atoms with Crippen LogP contribution >= 0.6 is 23.2 Å². The van der Waals surface area contributed by atoms with Gasteiger partial charge >= 0.3 is 6.18 Å². The second-order valence-corrected chi connectivity index (χ2v) is 8.03. The first kappa shape index (κ1) is 23.6. The molecule has 31 heavy (non-hydrogen) atoms. The number of nitrogens with zero attached hydrogens (tertiary/aromatic N) is 2. The molecule has 1 amide bonds. The highest BCUT2D eigenvalue weighted by Gasteiger charge is 2.48. The minimum Gasteiger partial charge on any atom is -0.387 e. The van der Waals surface area contributed by atoms with Crippen LogP contribution in [0.1, 0.15) is 53.2 Å². The van der Waals surface area contributed by atoms with Crippen molar-refractivity contribution in [2.24, 2.45) is 0 Å². The van der Waals surface area contributed by atoms with Gasteiger partial charge in [-0.1, -0.05) is 29.3 Å². The van der Waals surface area contributed by atoms with Crippen LogP contribution in [0.25, 0.3) is 0 Å². The Labute approximate surface area is 183 Å². The maximum absolute atomic E-state index is 13.7. The molecule has 0 aromatic carbocycles. The van der Waals surface area contributed by atoms with Crippen LogP contribution in [0.15, 0.2) is 30.6 Å². The number of carbonyl (C=O) groups is 1. The number of aromatic nitrogens is 2. The first-order valence-corrected chi connectivity index (χ1v) is 9.82. The van der Waals surface area contributed by atoms with Crippen LogP contribution in [-0.2, 0) is 6.18 Å². The number of alkyl halides is 5. The van der Waals surface area contributed by atoms with Gasteiger partial charge in [0.25, 0.3) is 5.91 Å². The van der Waals surface area contributed by atoms with Crippen molar-refractivity contribution in [3.05, 3.63) is 57.6 Å². The SMILES string of the molecule is O=C(NC(c1cccnc1Cl)C1(O)CCC(F)(F)CC1)c1cc(C(F)(F)F)cnc1Cl. The van der Waals surface area contributed by atoms with E-state index in [0.29, 0.717) is 12.3 Å². The number of pyridine rings is 2. The lowest BCUT2D eigenvalue weighted by Gasteiger charge is -2.42. The van der Waals surface area contributed by atoms with E-state index in [-0.39, 0.29) is 23.6 Å². The Kier molecular flexibility index (Phi) is 6.46. The van der Waals surface area contributed by atoms with Crippen molar-refractivity contribution in [3.63, 3.8) is 0 Å². The Balaban J connectivity index is 1.98. The lowest BCUT2D eigenvalue weighted by atomic mass is 9.75. The zero-order valence-electron chi connectivity index (χ0n) is 15.7. The van der Waals surface area contributed by atoms with Gasteiger partial charge in [0.05, 0.1) is 22.8 Å². The lowest BCUT2D eigenvalue weighted by molar-refractivity contribution is -0.137. The first-order chi connectivity index (χ1) is 14.3. The molecule has 12 heteroatoms. The van der Waals surface area contributed by atoms with Crippen LogP contribution in [0.4, 0.5) is 22.0 Å². The van der Waals surface area contributed by atoms with Crippen LogP contribution in [0.5, 0.6) is 0 Å². The minimum absolute atomic E-state index is 0.105. The summed E-state index contributed by atoms with van der Waals surface area (Å²) in [5.74, 6) is -4.06. The monoisotopic (exact) mass is 483 g/mol. The third kappa shape index (κ3) is 5.24. The molecule has 1 aliphatic rings. The van der Waals surface area contributed by atoms with E-state index < -0.39 is 58.8 Å². The van der Waals surface area contributed by atoms with E-state index >= 15 is 0 Å². The summed E-state index contributed by atoms with van der Waals surface area (Å²) in [5.41, 5.74) is -3.51. The summed E-state index contributed by atoms with van der Waals surface area (Å²) >= 11 is 11.9. The summed E-state index contributed by atoms with van der Waals surface area (Å²) in [6, 6.07) is 2.07. The molecular weight excluding hydrogens is 468 g/mol. The molecule has 1 unspecified atom stereocenters. The van der Waals surface area contributed by atoms with Crippen molar-refractivity contribution < 1.29 is 31.9 Å². The molecule has 2 N–H and O–H groups in total. The molecule has 3 rings (SSSR count). The molecule has 1 saturated carbocycles. The maximum Gasteiger partial charge on any atom is 0.417 e. The second-order valence-electron chi connectivity index (χ2n) is 7.31. The average Bonchev–Trinajstić information content (AvgIpc) is 2.68. The number of halogens is 7. The zero-order valence-corrected chi connectivity index (χ0v) is 17.2. The third-order valence-electron chi connectivity index (χ3n) is 5.17. The van der Waals surface area contributed by atoms with Crippen molar-refractivity contribution in [3.8, 4) is 0 Å². The number of nitrogens with one attached hydrogen (secondary N) is 1. The van der Waals surface area contributed by atoms with Gasteiger partial charge in [-0.3, -0.25) is 4.79 Å². The van der Waals surface area contributed by atoms with E-state index in [9.17, 15) is 31.9 Å². The fourth-order valence-corrected chi connectivity index (χ4v) is 3.84. The number of rotatable bonds is 4. The van der Waals surface area contributed by atoms with Gasteiger partial charge in [-0.15, -0.1) is 0 Å².